The Morgan fingerprint density at radius 2 is 1.83 bits per heavy atom. The lowest BCUT2D eigenvalue weighted by Crippen LogP contribution is -2.23. The number of anilines is 1. The standard InChI is InChI=1S/C18H18FNO3S/c1-12-7-9-14(10-8-12)20-17(21)11-24-13(2)18(22)23-16-6-4-3-5-15(16)19/h3-10,13H,11H2,1-2H3,(H,20,21). The van der Waals surface area contributed by atoms with E-state index in [1.165, 1.54) is 18.2 Å². The van der Waals surface area contributed by atoms with Crippen LogP contribution in [0.3, 0.4) is 0 Å². The lowest BCUT2D eigenvalue weighted by molar-refractivity contribution is -0.133. The molecule has 0 fully saturated rings. The predicted octanol–water partition coefficient (Wildman–Crippen LogP) is 3.80. The average molecular weight is 347 g/mol. The molecule has 0 aromatic heterocycles. The van der Waals surface area contributed by atoms with Gasteiger partial charge < -0.3 is 10.1 Å². The number of amides is 1. The van der Waals surface area contributed by atoms with Crippen molar-refractivity contribution >= 4 is 29.3 Å². The van der Waals surface area contributed by atoms with Gasteiger partial charge in [-0.1, -0.05) is 29.8 Å². The number of para-hydroxylation sites is 1. The summed E-state index contributed by atoms with van der Waals surface area (Å²) in [5.74, 6) is -1.41. The summed E-state index contributed by atoms with van der Waals surface area (Å²) in [4.78, 5) is 23.8. The van der Waals surface area contributed by atoms with Gasteiger partial charge in [-0.05, 0) is 38.1 Å². The van der Waals surface area contributed by atoms with E-state index >= 15 is 0 Å². The van der Waals surface area contributed by atoms with Gasteiger partial charge in [0.1, 0.15) is 5.25 Å². The Bertz CT molecular complexity index is 718. The van der Waals surface area contributed by atoms with Crippen LogP contribution in [0.15, 0.2) is 48.5 Å². The van der Waals surface area contributed by atoms with Crippen LogP contribution >= 0.6 is 11.8 Å². The zero-order valence-corrected chi connectivity index (χ0v) is 14.2. The number of carbonyl (C=O) groups excluding carboxylic acids is 2. The number of benzene rings is 2. The number of thioether (sulfide) groups is 1. The third-order valence-corrected chi connectivity index (χ3v) is 4.30. The van der Waals surface area contributed by atoms with Crippen LogP contribution in [-0.2, 0) is 9.59 Å². The number of hydrogen-bond acceptors (Lipinski definition) is 4. The van der Waals surface area contributed by atoms with Crippen LogP contribution in [0, 0.1) is 12.7 Å². The van der Waals surface area contributed by atoms with Gasteiger partial charge in [0.25, 0.3) is 0 Å². The Kier molecular flexibility index (Phi) is 6.37. The molecule has 0 saturated carbocycles. The molecule has 1 N–H and O–H groups in total. The molecule has 0 saturated heterocycles. The Labute approximate surface area is 144 Å². The Morgan fingerprint density at radius 3 is 2.50 bits per heavy atom. The van der Waals surface area contributed by atoms with Crippen LogP contribution in [0.1, 0.15) is 12.5 Å². The van der Waals surface area contributed by atoms with E-state index in [1.54, 1.807) is 13.0 Å². The molecule has 2 aromatic rings. The maximum atomic E-state index is 13.4. The molecule has 6 heteroatoms. The molecule has 24 heavy (non-hydrogen) atoms. The second kappa shape index (κ2) is 8.49. The molecule has 4 nitrogen and oxygen atoms in total. The van der Waals surface area contributed by atoms with Gasteiger partial charge in [0, 0.05) is 5.69 Å². The van der Waals surface area contributed by atoms with Crippen LogP contribution in [0.2, 0.25) is 0 Å². The molecular weight excluding hydrogens is 329 g/mol. The quantitative estimate of drug-likeness (QED) is 0.638. The molecule has 2 aromatic carbocycles. The molecule has 0 spiro atoms. The van der Waals surface area contributed by atoms with E-state index in [1.807, 2.05) is 31.2 Å². The Balaban J connectivity index is 1.80. The maximum absolute atomic E-state index is 13.4. The second-order valence-corrected chi connectivity index (χ2v) is 6.55. The number of hydrogen-bond donors (Lipinski definition) is 1. The monoisotopic (exact) mass is 347 g/mol. The predicted molar refractivity (Wildman–Crippen MR) is 93.8 cm³/mol. The first kappa shape index (κ1) is 18.0. The number of ether oxygens (including phenoxy) is 1. The fourth-order valence-electron chi connectivity index (χ4n) is 1.82. The SMILES string of the molecule is Cc1ccc(NC(=O)CSC(C)C(=O)Oc2ccccc2F)cc1. The highest BCUT2D eigenvalue weighted by Crippen LogP contribution is 2.19. The molecule has 0 bridgehead atoms. The van der Waals surface area contributed by atoms with Gasteiger partial charge in [-0.15, -0.1) is 11.8 Å². The van der Waals surface area contributed by atoms with E-state index < -0.39 is 17.0 Å². The highest BCUT2D eigenvalue weighted by Gasteiger charge is 2.18. The fourth-order valence-corrected chi connectivity index (χ4v) is 2.48. The van der Waals surface area contributed by atoms with Crippen LogP contribution in [0.5, 0.6) is 5.75 Å². The maximum Gasteiger partial charge on any atom is 0.324 e. The van der Waals surface area contributed by atoms with Crippen LogP contribution < -0.4 is 10.1 Å². The second-order valence-electron chi connectivity index (χ2n) is 5.22. The average Bonchev–Trinajstić information content (AvgIpc) is 2.56. The number of rotatable bonds is 6. The zero-order chi connectivity index (χ0) is 17.5. The molecule has 1 amide bonds. The lowest BCUT2D eigenvalue weighted by Gasteiger charge is -2.11. The van der Waals surface area contributed by atoms with Crippen molar-refractivity contribution in [2.24, 2.45) is 0 Å². The number of aryl methyl sites for hydroxylation is 1. The molecule has 0 aliphatic carbocycles. The molecule has 2 rings (SSSR count). The van der Waals surface area contributed by atoms with Gasteiger partial charge in [-0.2, -0.15) is 0 Å². The fraction of sp³-hybridized carbons (Fsp3) is 0.222. The minimum Gasteiger partial charge on any atom is -0.423 e. The molecule has 1 atom stereocenters. The highest BCUT2D eigenvalue weighted by molar-refractivity contribution is 8.01. The molecule has 0 radical (unpaired) electrons. The number of carbonyl (C=O) groups is 2. The van der Waals surface area contributed by atoms with Gasteiger partial charge >= 0.3 is 5.97 Å². The number of esters is 1. The Hall–Kier alpha value is -2.34. The van der Waals surface area contributed by atoms with Crippen molar-refractivity contribution in [3.05, 3.63) is 59.9 Å². The van der Waals surface area contributed by atoms with E-state index in [0.717, 1.165) is 17.3 Å². The van der Waals surface area contributed by atoms with E-state index in [0.29, 0.717) is 5.69 Å². The van der Waals surface area contributed by atoms with Crippen molar-refractivity contribution in [1.29, 1.82) is 0 Å². The lowest BCUT2D eigenvalue weighted by atomic mass is 10.2. The van der Waals surface area contributed by atoms with Crippen molar-refractivity contribution in [3.8, 4) is 5.75 Å². The van der Waals surface area contributed by atoms with E-state index in [-0.39, 0.29) is 17.4 Å². The molecule has 0 aliphatic rings. The summed E-state index contributed by atoms with van der Waals surface area (Å²) in [6, 6.07) is 13.1. The summed E-state index contributed by atoms with van der Waals surface area (Å²) in [6.45, 7) is 3.58. The smallest absolute Gasteiger partial charge is 0.324 e. The third kappa shape index (κ3) is 5.38. The summed E-state index contributed by atoms with van der Waals surface area (Å²) in [5.41, 5.74) is 1.81. The van der Waals surface area contributed by atoms with Gasteiger partial charge in [-0.3, -0.25) is 9.59 Å². The molecule has 0 aliphatic heterocycles. The molecule has 126 valence electrons. The van der Waals surface area contributed by atoms with Crippen molar-refractivity contribution < 1.29 is 18.7 Å². The summed E-state index contributed by atoms with van der Waals surface area (Å²) in [5, 5.41) is 2.16. The summed E-state index contributed by atoms with van der Waals surface area (Å²) >= 11 is 1.13. The summed E-state index contributed by atoms with van der Waals surface area (Å²) in [6.07, 6.45) is 0. The third-order valence-electron chi connectivity index (χ3n) is 3.18. The van der Waals surface area contributed by atoms with E-state index in [9.17, 15) is 14.0 Å². The topological polar surface area (TPSA) is 55.4 Å². The van der Waals surface area contributed by atoms with Gasteiger partial charge in [0.05, 0.1) is 5.75 Å². The van der Waals surface area contributed by atoms with Crippen LogP contribution in [0.4, 0.5) is 10.1 Å². The van der Waals surface area contributed by atoms with E-state index in [2.05, 4.69) is 5.32 Å². The first-order valence-electron chi connectivity index (χ1n) is 7.40. The van der Waals surface area contributed by atoms with Crippen LogP contribution in [0.25, 0.3) is 0 Å². The minimum atomic E-state index is -0.597. The van der Waals surface area contributed by atoms with Gasteiger partial charge in [0.2, 0.25) is 5.91 Å². The van der Waals surface area contributed by atoms with Crippen molar-refractivity contribution in [1.82, 2.24) is 0 Å². The van der Waals surface area contributed by atoms with Crippen molar-refractivity contribution in [2.75, 3.05) is 11.1 Å². The van der Waals surface area contributed by atoms with Gasteiger partial charge in [-0.25, -0.2) is 4.39 Å². The zero-order valence-electron chi connectivity index (χ0n) is 13.4. The normalized spacial score (nSPS) is 11.6. The number of halogens is 1. The van der Waals surface area contributed by atoms with E-state index in [4.69, 9.17) is 4.74 Å². The highest BCUT2D eigenvalue weighted by atomic mass is 32.2. The first-order valence-corrected chi connectivity index (χ1v) is 8.45. The van der Waals surface area contributed by atoms with Gasteiger partial charge in [0.15, 0.2) is 11.6 Å². The summed E-state index contributed by atoms with van der Waals surface area (Å²) < 4.78 is 18.5. The van der Waals surface area contributed by atoms with Crippen molar-refractivity contribution in [2.45, 2.75) is 19.1 Å². The summed E-state index contributed by atoms with van der Waals surface area (Å²) in [7, 11) is 0. The molecular formula is C18H18FNO3S. The first-order chi connectivity index (χ1) is 11.5. The number of nitrogens with one attached hydrogen (secondary N) is 1. The Morgan fingerprint density at radius 1 is 1.17 bits per heavy atom. The molecule has 0 heterocycles. The van der Waals surface area contributed by atoms with Crippen molar-refractivity contribution in [3.63, 3.8) is 0 Å². The minimum absolute atomic E-state index is 0.0986. The largest absolute Gasteiger partial charge is 0.423 e. The van der Waals surface area contributed by atoms with Crippen LogP contribution in [-0.4, -0.2) is 22.9 Å². The molecule has 1 unspecified atom stereocenters.